The van der Waals surface area contributed by atoms with Gasteiger partial charge in [-0.3, -0.25) is 0 Å². The van der Waals surface area contributed by atoms with Crippen molar-refractivity contribution in [3.63, 3.8) is 0 Å². The molecule has 0 radical (unpaired) electrons. The van der Waals surface area contributed by atoms with E-state index in [0.717, 1.165) is 11.3 Å². The average molecular weight is 212 g/mol. The molecular weight excluding hydrogens is 192 g/mol. The summed E-state index contributed by atoms with van der Waals surface area (Å²) in [6.45, 7) is 8.87. The molecular formula is C12H20OS. The van der Waals surface area contributed by atoms with E-state index >= 15 is 0 Å². The fraction of sp³-hybridized carbons (Fsp3) is 0.667. The monoisotopic (exact) mass is 212 g/mol. The van der Waals surface area contributed by atoms with Gasteiger partial charge in [0.15, 0.2) is 0 Å². The topological polar surface area (TPSA) is 20.2 Å². The van der Waals surface area contributed by atoms with Gasteiger partial charge in [0.05, 0.1) is 6.10 Å². The van der Waals surface area contributed by atoms with Crippen molar-refractivity contribution in [3.05, 3.63) is 22.4 Å². The molecule has 0 aromatic carbocycles. The molecule has 1 nitrogen and oxygen atoms in total. The van der Waals surface area contributed by atoms with Crippen LogP contribution in [0.1, 0.15) is 45.1 Å². The molecule has 0 aliphatic rings. The highest BCUT2D eigenvalue weighted by molar-refractivity contribution is 7.10. The van der Waals surface area contributed by atoms with Gasteiger partial charge in [0, 0.05) is 4.88 Å². The standard InChI is InChI=1S/C12H20OS/c1-9(12(2,3)4)8-10(13)11-6-5-7-14-11/h5-7,9-10,13H,8H2,1-4H3. The Morgan fingerprint density at radius 3 is 2.50 bits per heavy atom. The molecule has 2 unspecified atom stereocenters. The molecule has 0 spiro atoms. The molecule has 0 aliphatic heterocycles. The van der Waals surface area contributed by atoms with E-state index in [4.69, 9.17) is 0 Å². The van der Waals surface area contributed by atoms with E-state index in [1.165, 1.54) is 0 Å². The van der Waals surface area contributed by atoms with Gasteiger partial charge in [-0.25, -0.2) is 0 Å². The van der Waals surface area contributed by atoms with Crippen LogP contribution in [0.15, 0.2) is 17.5 Å². The number of hydrogen-bond acceptors (Lipinski definition) is 2. The van der Waals surface area contributed by atoms with Crippen LogP contribution in [0.2, 0.25) is 0 Å². The third kappa shape index (κ3) is 3.10. The molecule has 1 aromatic heterocycles. The van der Waals surface area contributed by atoms with Gasteiger partial charge in [-0.15, -0.1) is 11.3 Å². The van der Waals surface area contributed by atoms with Crippen LogP contribution < -0.4 is 0 Å². The molecule has 0 saturated carbocycles. The second-order valence-electron chi connectivity index (χ2n) is 5.03. The molecule has 0 bridgehead atoms. The second-order valence-corrected chi connectivity index (χ2v) is 6.01. The SMILES string of the molecule is CC(CC(O)c1cccs1)C(C)(C)C. The van der Waals surface area contributed by atoms with Crippen molar-refractivity contribution < 1.29 is 5.11 Å². The van der Waals surface area contributed by atoms with Crippen LogP contribution in [0.3, 0.4) is 0 Å². The van der Waals surface area contributed by atoms with Crippen LogP contribution in [0.25, 0.3) is 0 Å². The zero-order chi connectivity index (χ0) is 10.8. The van der Waals surface area contributed by atoms with Crippen LogP contribution >= 0.6 is 11.3 Å². The van der Waals surface area contributed by atoms with E-state index in [1.807, 2.05) is 17.5 Å². The molecule has 1 aromatic rings. The number of aliphatic hydroxyl groups excluding tert-OH is 1. The number of rotatable bonds is 3. The quantitative estimate of drug-likeness (QED) is 0.806. The minimum Gasteiger partial charge on any atom is -0.388 e. The van der Waals surface area contributed by atoms with Crippen molar-refractivity contribution in [1.29, 1.82) is 0 Å². The van der Waals surface area contributed by atoms with Crippen LogP contribution in [-0.2, 0) is 0 Å². The molecule has 0 amide bonds. The first-order chi connectivity index (χ1) is 6.41. The Morgan fingerprint density at radius 1 is 1.43 bits per heavy atom. The Morgan fingerprint density at radius 2 is 2.07 bits per heavy atom. The van der Waals surface area contributed by atoms with Gasteiger partial charge < -0.3 is 5.11 Å². The molecule has 14 heavy (non-hydrogen) atoms. The molecule has 80 valence electrons. The van der Waals surface area contributed by atoms with E-state index < -0.39 is 0 Å². The third-order valence-corrected chi connectivity index (χ3v) is 3.90. The molecule has 1 N–H and O–H groups in total. The maximum atomic E-state index is 9.95. The van der Waals surface area contributed by atoms with Crippen molar-refractivity contribution in [2.24, 2.45) is 11.3 Å². The lowest BCUT2D eigenvalue weighted by Crippen LogP contribution is -2.19. The van der Waals surface area contributed by atoms with Crippen molar-refractivity contribution >= 4 is 11.3 Å². The van der Waals surface area contributed by atoms with Crippen LogP contribution in [0.4, 0.5) is 0 Å². The van der Waals surface area contributed by atoms with Gasteiger partial charge in [0.2, 0.25) is 0 Å². The first kappa shape index (κ1) is 11.7. The zero-order valence-electron chi connectivity index (χ0n) is 9.45. The van der Waals surface area contributed by atoms with E-state index in [1.54, 1.807) is 11.3 Å². The Balaban J connectivity index is 2.53. The highest BCUT2D eigenvalue weighted by Crippen LogP contribution is 2.34. The summed E-state index contributed by atoms with van der Waals surface area (Å²) in [6, 6.07) is 4.00. The van der Waals surface area contributed by atoms with Gasteiger partial charge in [0.1, 0.15) is 0 Å². The van der Waals surface area contributed by atoms with Crippen molar-refractivity contribution in [1.82, 2.24) is 0 Å². The summed E-state index contributed by atoms with van der Waals surface area (Å²) in [5, 5.41) is 12.0. The smallest absolute Gasteiger partial charge is 0.0884 e. The fourth-order valence-electron chi connectivity index (χ4n) is 1.29. The highest BCUT2D eigenvalue weighted by atomic mass is 32.1. The van der Waals surface area contributed by atoms with E-state index in [-0.39, 0.29) is 11.5 Å². The first-order valence-electron chi connectivity index (χ1n) is 5.12. The van der Waals surface area contributed by atoms with Gasteiger partial charge in [-0.1, -0.05) is 33.8 Å². The second kappa shape index (κ2) is 4.45. The summed E-state index contributed by atoms with van der Waals surface area (Å²) < 4.78 is 0. The number of aliphatic hydroxyl groups is 1. The molecule has 1 heterocycles. The lowest BCUT2D eigenvalue weighted by atomic mass is 9.79. The van der Waals surface area contributed by atoms with E-state index in [2.05, 4.69) is 27.7 Å². The van der Waals surface area contributed by atoms with Crippen molar-refractivity contribution in [2.75, 3.05) is 0 Å². The highest BCUT2D eigenvalue weighted by Gasteiger charge is 2.23. The van der Waals surface area contributed by atoms with Gasteiger partial charge in [-0.2, -0.15) is 0 Å². The van der Waals surface area contributed by atoms with Gasteiger partial charge in [-0.05, 0) is 29.2 Å². The average Bonchev–Trinajstić information content (AvgIpc) is 2.53. The predicted octanol–water partition coefficient (Wildman–Crippen LogP) is 3.85. The predicted molar refractivity (Wildman–Crippen MR) is 62.5 cm³/mol. The first-order valence-corrected chi connectivity index (χ1v) is 6.00. The normalized spacial score (nSPS) is 16.6. The maximum absolute atomic E-state index is 9.95. The fourth-order valence-corrected chi connectivity index (χ4v) is 2.01. The Kier molecular flexibility index (Phi) is 3.73. The summed E-state index contributed by atoms with van der Waals surface area (Å²) in [4.78, 5) is 1.08. The largest absolute Gasteiger partial charge is 0.388 e. The molecule has 2 heteroatoms. The van der Waals surface area contributed by atoms with Crippen molar-refractivity contribution in [2.45, 2.75) is 40.2 Å². The molecule has 0 fully saturated rings. The maximum Gasteiger partial charge on any atom is 0.0884 e. The van der Waals surface area contributed by atoms with E-state index in [0.29, 0.717) is 5.92 Å². The van der Waals surface area contributed by atoms with Crippen molar-refractivity contribution in [3.8, 4) is 0 Å². The van der Waals surface area contributed by atoms with Crippen LogP contribution in [-0.4, -0.2) is 5.11 Å². The summed E-state index contributed by atoms with van der Waals surface area (Å²) in [6.07, 6.45) is 0.563. The minimum absolute atomic E-state index is 0.276. The lowest BCUT2D eigenvalue weighted by Gasteiger charge is -2.28. The third-order valence-electron chi connectivity index (χ3n) is 2.93. The Labute approximate surface area is 90.8 Å². The van der Waals surface area contributed by atoms with Crippen LogP contribution in [0, 0.1) is 11.3 Å². The zero-order valence-corrected chi connectivity index (χ0v) is 10.3. The molecule has 0 saturated heterocycles. The number of thiophene rings is 1. The van der Waals surface area contributed by atoms with Gasteiger partial charge >= 0.3 is 0 Å². The minimum atomic E-state index is -0.288. The Bertz CT molecular complexity index is 258. The summed E-state index contributed by atoms with van der Waals surface area (Å²) in [5.74, 6) is 0.527. The summed E-state index contributed by atoms with van der Waals surface area (Å²) >= 11 is 1.63. The van der Waals surface area contributed by atoms with E-state index in [9.17, 15) is 5.11 Å². The number of hydrogen-bond donors (Lipinski definition) is 1. The lowest BCUT2D eigenvalue weighted by molar-refractivity contribution is 0.113. The molecule has 1 rings (SSSR count). The summed E-state index contributed by atoms with van der Waals surface area (Å²) in [5.41, 5.74) is 0.276. The Hall–Kier alpha value is -0.340. The molecule has 0 aliphatic carbocycles. The van der Waals surface area contributed by atoms with Crippen LogP contribution in [0.5, 0.6) is 0 Å². The van der Waals surface area contributed by atoms with Gasteiger partial charge in [0.25, 0.3) is 0 Å². The summed E-state index contributed by atoms with van der Waals surface area (Å²) in [7, 11) is 0. The molecule has 2 atom stereocenters.